The Morgan fingerprint density at radius 2 is 2.00 bits per heavy atom. The van der Waals surface area contributed by atoms with E-state index in [0.29, 0.717) is 24.3 Å². The number of esters is 1. The highest BCUT2D eigenvalue weighted by molar-refractivity contribution is 9.09. The molecule has 7 atom stereocenters. The van der Waals surface area contributed by atoms with E-state index in [1.165, 1.54) is 0 Å². The second kappa shape index (κ2) is 10.3. The van der Waals surface area contributed by atoms with Gasteiger partial charge in [-0.2, -0.15) is 0 Å². The Balaban J connectivity index is 1.75. The van der Waals surface area contributed by atoms with Gasteiger partial charge in [0.25, 0.3) is 0 Å². The van der Waals surface area contributed by atoms with E-state index in [4.69, 9.17) is 9.47 Å². The third-order valence-corrected chi connectivity index (χ3v) is 10.5. The van der Waals surface area contributed by atoms with Gasteiger partial charge in [-0.05, 0) is 49.9 Å². The first kappa shape index (κ1) is 26.3. The number of aliphatic hydroxyl groups excluding tert-OH is 1. The summed E-state index contributed by atoms with van der Waals surface area (Å²) in [6.07, 6.45) is 1.12. The van der Waals surface area contributed by atoms with Crippen molar-refractivity contribution in [3.63, 3.8) is 0 Å². The standard InChI is InChI=1S/C25H33BrN2O6S/c1-5-34-24(32)18-19-23(31)28(15(12-29)10-13(2)3)21(25(19)11-17(26)20(18)35-25)22(30)27-14-6-8-16(33-4)9-7-14/h6-9,13,15,17-21,29H,5,10-12H2,1-4H3,(H,27,30)/t15-,17?,18+,19+,20+,21?,25?/m1/s1. The zero-order valence-electron chi connectivity index (χ0n) is 20.4. The van der Waals surface area contributed by atoms with E-state index >= 15 is 0 Å². The first-order chi connectivity index (χ1) is 16.7. The lowest BCUT2D eigenvalue weighted by atomic mass is 9.71. The lowest BCUT2D eigenvalue weighted by molar-refractivity contribution is -0.154. The van der Waals surface area contributed by atoms with Gasteiger partial charge in [0.2, 0.25) is 11.8 Å². The van der Waals surface area contributed by atoms with E-state index in [-0.39, 0.29) is 41.0 Å². The lowest BCUT2D eigenvalue weighted by Crippen LogP contribution is -2.55. The number of amides is 2. The molecule has 3 aliphatic heterocycles. The van der Waals surface area contributed by atoms with E-state index in [1.807, 2.05) is 13.8 Å². The maximum absolute atomic E-state index is 14.0. The predicted octanol–water partition coefficient (Wildman–Crippen LogP) is 3.07. The molecule has 0 saturated carbocycles. The summed E-state index contributed by atoms with van der Waals surface area (Å²) < 4.78 is 9.79. The number of anilines is 1. The van der Waals surface area contributed by atoms with Crippen LogP contribution in [0.5, 0.6) is 5.75 Å². The van der Waals surface area contributed by atoms with Crippen LogP contribution in [-0.2, 0) is 19.1 Å². The number of nitrogens with one attached hydrogen (secondary N) is 1. The number of ether oxygens (including phenoxy) is 2. The van der Waals surface area contributed by atoms with Crippen molar-refractivity contribution in [2.24, 2.45) is 17.8 Å². The molecule has 3 fully saturated rings. The summed E-state index contributed by atoms with van der Waals surface area (Å²) in [6.45, 7) is 5.76. The van der Waals surface area contributed by atoms with Gasteiger partial charge >= 0.3 is 5.97 Å². The molecule has 1 aromatic rings. The number of alkyl halides is 1. The number of carbonyl (C=O) groups excluding carboxylic acids is 3. The SMILES string of the molecule is CCOC(=O)[C@H]1[C@H]2C(=O)N([C@@H](CO)CC(C)C)C(C(=O)Nc3ccc(OC)cc3)C23CC(Br)[C@@H]1S3. The largest absolute Gasteiger partial charge is 0.497 e. The first-order valence-corrected chi connectivity index (χ1v) is 13.8. The van der Waals surface area contributed by atoms with Crippen molar-refractivity contribution in [3.8, 4) is 5.75 Å². The molecule has 3 aliphatic rings. The Morgan fingerprint density at radius 1 is 1.31 bits per heavy atom. The minimum absolute atomic E-state index is 0.0279. The second-order valence-corrected chi connectivity index (χ2v) is 12.6. The minimum Gasteiger partial charge on any atom is -0.497 e. The van der Waals surface area contributed by atoms with E-state index in [1.54, 1.807) is 55.0 Å². The summed E-state index contributed by atoms with van der Waals surface area (Å²) in [5, 5.41) is 13.1. The van der Waals surface area contributed by atoms with Crippen LogP contribution in [0.4, 0.5) is 5.69 Å². The molecule has 3 heterocycles. The molecule has 1 aromatic carbocycles. The zero-order chi connectivity index (χ0) is 25.5. The Hall–Kier alpha value is -1.78. The van der Waals surface area contributed by atoms with E-state index in [9.17, 15) is 19.5 Å². The van der Waals surface area contributed by atoms with Crippen LogP contribution in [0.25, 0.3) is 0 Å². The number of fused-ring (bicyclic) bond motifs is 1. The highest BCUT2D eigenvalue weighted by Gasteiger charge is 2.76. The number of hydrogen-bond acceptors (Lipinski definition) is 7. The fraction of sp³-hybridized carbons (Fsp3) is 0.640. The number of halogens is 1. The van der Waals surface area contributed by atoms with Crippen molar-refractivity contribution in [3.05, 3.63) is 24.3 Å². The van der Waals surface area contributed by atoms with Crippen LogP contribution in [0.15, 0.2) is 24.3 Å². The molecular weight excluding hydrogens is 536 g/mol. The zero-order valence-corrected chi connectivity index (χ0v) is 22.8. The molecule has 0 aromatic heterocycles. The van der Waals surface area contributed by atoms with Crippen molar-refractivity contribution in [2.45, 2.75) is 60.5 Å². The van der Waals surface area contributed by atoms with Gasteiger partial charge in [-0.25, -0.2) is 0 Å². The topological polar surface area (TPSA) is 105 Å². The average molecular weight is 570 g/mol. The molecular formula is C25H33BrN2O6S. The average Bonchev–Trinajstić information content (AvgIpc) is 3.41. The van der Waals surface area contributed by atoms with Crippen LogP contribution in [-0.4, -0.2) is 75.0 Å². The van der Waals surface area contributed by atoms with Gasteiger partial charge in [-0.3, -0.25) is 14.4 Å². The summed E-state index contributed by atoms with van der Waals surface area (Å²) in [5.74, 6) is -1.38. The van der Waals surface area contributed by atoms with Gasteiger partial charge in [-0.1, -0.05) is 29.8 Å². The monoisotopic (exact) mass is 568 g/mol. The molecule has 3 unspecified atom stereocenters. The van der Waals surface area contributed by atoms with Crippen LogP contribution in [0, 0.1) is 17.8 Å². The van der Waals surface area contributed by atoms with E-state index < -0.39 is 34.6 Å². The second-order valence-electron chi connectivity index (χ2n) is 9.84. The molecule has 10 heteroatoms. The molecule has 2 amide bonds. The quantitative estimate of drug-likeness (QED) is 0.348. The maximum Gasteiger partial charge on any atom is 0.310 e. The lowest BCUT2D eigenvalue weighted by Gasteiger charge is -2.37. The number of aliphatic hydroxyl groups is 1. The van der Waals surface area contributed by atoms with Crippen molar-refractivity contribution >= 4 is 51.2 Å². The Bertz CT molecular complexity index is 975. The summed E-state index contributed by atoms with van der Waals surface area (Å²) in [6, 6.07) is 5.66. The van der Waals surface area contributed by atoms with Crippen molar-refractivity contribution in [1.82, 2.24) is 4.90 Å². The highest BCUT2D eigenvalue weighted by Crippen LogP contribution is 2.68. The molecule has 8 nitrogen and oxygen atoms in total. The molecule has 35 heavy (non-hydrogen) atoms. The van der Waals surface area contributed by atoms with Gasteiger partial charge in [0, 0.05) is 15.8 Å². The summed E-state index contributed by atoms with van der Waals surface area (Å²) >= 11 is 5.28. The number of nitrogens with zero attached hydrogens (tertiary/aromatic N) is 1. The fourth-order valence-electron chi connectivity index (χ4n) is 5.97. The smallest absolute Gasteiger partial charge is 0.310 e. The van der Waals surface area contributed by atoms with Crippen LogP contribution < -0.4 is 10.1 Å². The molecule has 2 N–H and O–H groups in total. The number of thioether (sulfide) groups is 1. The molecule has 0 aliphatic carbocycles. The third kappa shape index (κ3) is 4.46. The van der Waals surface area contributed by atoms with Gasteiger partial charge in [0.15, 0.2) is 0 Å². The van der Waals surface area contributed by atoms with E-state index in [0.717, 1.165) is 0 Å². The van der Waals surface area contributed by atoms with Crippen molar-refractivity contribution in [2.75, 3.05) is 25.6 Å². The maximum atomic E-state index is 14.0. The number of rotatable bonds is 9. The van der Waals surface area contributed by atoms with Gasteiger partial charge < -0.3 is 24.8 Å². The Morgan fingerprint density at radius 3 is 2.57 bits per heavy atom. The summed E-state index contributed by atoms with van der Waals surface area (Å²) in [4.78, 5) is 42.5. The first-order valence-electron chi connectivity index (χ1n) is 12.0. The Labute approximate surface area is 218 Å². The fourth-order valence-corrected chi connectivity index (χ4v) is 9.56. The van der Waals surface area contributed by atoms with Crippen LogP contribution in [0.2, 0.25) is 0 Å². The van der Waals surface area contributed by atoms with E-state index in [2.05, 4.69) is 21.2 Å². The minimum atomic E-state index is -0.826. The summed E-state index contributed by atoms with van der Waals surface area (Å²) in [5.41, 5.74) is 0.585. The predicted molar refractivity (Wildman–Crippen MR) is 138 cm³/mol. The molecule has 1 spiro atoms. The number of likely N-dealkylation sites (tertiary alicyclic amines) is 1. The Kier molecular flexibility index (Phi) is 7.74. The number of methoxy groups -OCH3 is 1. The van der Waals surface area contributed by atoms with Crippen LogP contribution in [0.1, 0.15) is 33.6 Å². The highest BCUT2D eigenvalue weighted by atomic mass is 79.9. The third-order valence-electron chi connectivity index (χ3n) is 7.24. The van der Waals surface area contributed by atoms with Crippen molar-refractivity contribution < 1.29 is 29.0 Å². The summed E-state index contributed by atoms with van der Waals surface area (Å²) in [7, 11) is 1.57. The molecule has 2 bridgehead atoms. The number of benzene rings is 1. The molecule has 192 valence electrons. The number of carbonyl (C=O) groups is 3. The van der Waals surface area contributed by atoms with Gasteiger partial charge in [0.1, 0.15) is 11.8 Å². The van der Waals surface area contributed by atoms with Gasteiger partial charge in [-0.15, -0.1) is 11.8 Å². The molecule has 4 rings (SSSR count). The molecule has 3 saturated heterocycles. The van der Waals surface area contributed by atoms with Crippen LogP contribution in [0.3, 0.4) is 0 Å². The molecule has 0 radical (unpaired) electrons. The van der Waals surface area contributed by atoms with Crippen LogP contribution >= 0.6 is 27.7 Å². The normalized spacial score (nSPS) is 32.0. The van der Waals surface area contributed by atoms with Crippen molar-refractivity contribution in [1.29, 1.82) is 0 Å². The number of hydrogen-bond donors (Lipinski definition) is 2. The van der Waals surface area contributed by atoms with Gasteiger partial charge in [0.05, 0.1) is 42.9 Å².